The summed E-state index contributed by atoms with van der Waals surface area (Å²) in [5, 5.41) is 8.41. The average Bonchev–Trinajstić information content (AvgIpc) is 2.82. The molecule has 0 spiro atoms. The Morgan fingerprint density at radius 3 is 2.16 bits per heavy atom. The quantitative estimate of drug-likeness (QED) is 0.742. The van der Waals surface area contributed by atoms with Gasteiger partial charge in [-0.3, -0.25) is 15.1 Å². The van der Waals surface area contributed by atoms with E-state index in [2.05, 4.69) is 32.9 Å². The fraction of sp³-hybridized carbons (Fsp3) is 0.238. The normalized spacial score (nSPS) is 16.8. The SMILES string of the molecule is Cc1ccc(N2C(=N)S/C(=C\c3ccc(C(C)(C)C)cc3)C2=O)cc1. The van der Waals surface area contributed by atoms with E-state index in [1.807, 2.05) is 49.4 Å². The van der Waals surface area contributed by atoms with E-state index < -0.39 is 0 Å². The summed E-state index contributed by atoms with van der Waals surface area (Å²) < 4.78 is 0. The molecule has 2 aromatic rings. The van der Waals surface area contributed by atoms with E-state index in [0.717, 1.165) is 16.8 Å². The predicted molar refractivity (Wildman–Crippen MR) is 107 cm³/mol. The molecule has 3 nitrogen and oxygen atoms in total. The Hall–Kier alpha value is -2.33. The van der Waals surface area contributed by atoms with E-state index in [1.165, 1.54) is 22.2 Å². The smallest absolute Gasteiger partial charge is 0.271 e. The van der Waals surface area contributed by atoms with Crippen molar-refractivity contribution in [3.05, 3.63) is 70.1 Å². The molecule has 25 heavy (non-hydrogen) atoms. The lowest BCUT2D eigenvalue weighted by Gasteiger charge is -2.18. The van der Waals surface area contributed by atoms with Crippen molar-refractivity contribution >= 4 is 34.6 Å². The number of nitrogens with one attached hydrogen (secondary N) is 1. The Morgan fingerprint density at radius 2 is 1.60 bits per heavy atom. The summed E-state index contributed by atoms with van der Waals surface area (Å²) in [7, 11) is 0. The molecular formula is C21H22N2OS. The molecule has 2 aromatic carbocycles. The highest BCUT2D eigenvalue weighted by Gasteiger charge is 2.33. The van der Waals surface area contributed by atoms with Gasteiger partial charge in [-0.15, -0.1) is 0 Å². The molecule has 1 fully saturated rings. The van der Waals surface area contributed by atoms with Gasteiger partial charge in [0.15, 0.2) is 5.17 Å². The van der Waals surface area contributed by atoms with E-state index in [4.69, 9.17) is 5.41 Å². The number of amidine groups is 1. The van der Waals surface area contributed by atoms with Gasteiger partial charge in [-0.2, -0.15) is 0 Å². The molecular weight excluding hydrogens is 328 g/mol. The van der Waals surface area contributed by atoms with E-state index in [0.29, 0.717) is 4.91 Å². The molecule has 1 aliphatic heterocycles. The van der Waals surface area contributed by atoms with Crippen molar-refractivity contribution in [1.82, 2.24) is 0 Å². The Kier molecular flexibility index (Phi) is 4.56. The van der Waals surface area contributed by atoms with E-state index in [-0.39, 0.29) is 16.5 Å². The Morgan fingerprint density at radius 1 is 1.00 bits per heavy atom. The summed E-state index contributed by atoms with van der Waals surface area (Å²) in [6.07, 6.45) is 1.86. The lowest BCUT2D eigenvalue weighted by Crippen LogP contribution is -2.28. The molecule has 4 heteroatoms. The molecule has 1 N–H and O–H groups in total. The third kappa shape index (κ3) is 3.69. The fourth-order valence-corrected chi connectivity index (χ4v) is 3.51. The Labute approximate surface area is 153 Å². The highest BCUT2D eigenvalue weighted by atomic mass is 32.2. The van der Waals surface area contributed by atoms with Crippen molar-refractivity contribution in [2.45, 2.75) is 33.1 Å². The van der Waals surface area contributed by atoms with Crippen molar-refractivity contribution in [3.8, 4) is 0 Å². The van der Waals surface area contributed by atoms with Crippen LogP contribution in [0.15, 0.2) is 53.4 Å². The van der Waals surface area contributed by atoms with Gasteiger partial charge in [0.2, 0.25) is 0 Å². The number of carbonyl (C=O) groups is 1. The first-order chi connectivity index (χ1) is 11.8. The van der Waals surface area contributed by atoms with Crippen LogP contribution in [0.2, 0.25) is 0 Å². The first-order valence-electron chi connectivity index (χ1n) is 8.25. The molecule has 0 aliphatic carbocycles. The molecule has 0 saturated carbocycles. The molecule has 128 valence electrons. The minimum atomic E-state index is -0.140. The van der Waals surface area contributed by atoms with Gasteiger partial charge in [-0.1, -0.05) is 62.7 Å². The number of nitrogens with zero attached hydrogens (tertiary/aromatic N) is 1. The Balaban J connectivity index is 1.86. The fourth-order valence-electron chi connectivity index (χ4n) is 2.65. The number of hydrogen-bond donors (Lipinski definition) is 1. The van der Waals surface area contributed by atoms with Gasteiger partial charge in [0.1, 0.15) is 0 Å². The van der Waals surface area contributed by atoms with Crippen LogP contribution in [0.4, 0.5) is 5.69 Å². The zero-order valence-electron chi connectivity index (χ0n) is 15.0. The number of amides is 1. The largest absolute Gasteiger partial charge is 0.278 e. The third-order valence-electron chi connectivity index (χ3n) is 4.19. The highest BCUT2D eigenvalue weighted by Crippen LogP contribution is 2.35. The lowest BCUT2D eigenvalue weighted by molar-refractivity contribution is -0.113. The number of thioether (sulfide) groups is 1. The zero-order chi connectivity index (χ0) is 18.2. The molecule has 0 unspecified atom stereocenters. The zero-order valence-corrected chi connectivity index (χ0v) is 15.8. The molecule has 1 heterocycles. The van der Waals surface area contributed by atoms with Crippen LogP contribution in [0.5, 0.6) is 0 Å². The van der Waals surface area contributed by atoms with Crippen LogP contribution in [0.3, 0.4) is 0 Å². The van der Waals surface area contributed by atoms with Gasteiger partial charge >= 0.3 is 0 Å². The van der Waals surface area contributed by atoms with Crippen LogP contribution < -0.4 is 4.90 Å². The highest BCUT2D eigenvalue weighted by molar-refractivity contribution is 8.19. The number of rotatable bonds is 2. The van der Waals surface area contributed by atoms with Gasteiger partial charge in [-0.05, 0) is 53.4 Å². The molecule has 0 aromatic heterocycles. The van der Waals surface area contributed by atoms with Crippen LogP contribution in [0, 0.1) is 12.3 Å². The summed E-state index contributed by atoms with van der Waals surface area (Å²) in [5.74, 6) is -0.140. The minimum absolute atomic E-state index is 0.105. The number of benzene rings is 2. The first-order valence-corrected chi connectivity index (χ1v) is 9.07. The van der Waals surface area contributed by atoms with Crippen molar-refractivity contribution in [3.63, 3.8) is 0 Å². The van der Waals surface area contributed by atoms with Crippen LogP contribution in [0.1, 0.15) is 37.5 Å². The summed E-state index contributed by atoms with van der Waals surface area (Å²) in [4.78, 5) is 14.8. The van der Waals surface area contributed by atoms with Crippen molar-refractivity contribution in [2.75, 3.05) is 4.90 Å². The topological polar surface area (TPSA) is 44.2 Å². The van der Waals surface area contributed by atoms with Crippen LogP contribution in [-0.2, 0) is 10.2 Å². The molecule has 1 aliphatic rings. The number of anilines is 1. The number of aryl methyl sites for hydroxylation is 1. The summed E-state index contributed by atoms with van der Waals surface area (Å²) >= 11 is 1.21. The molecule has 0 bridgehead atoms. The maximum absolute atomic E-state index is 12.7. The Bertz CT molecular complexity index is 843. The minimum Gasteiger partial charge on any atom is -0.278 e. The molecule has 0 radical (unpaired) electrons. The second-order valence-corrected chi connectivity index (χ2v) is 8.29. The van der Waals surface area contributed by atoms with Crippen LogP contribution >= 0.6 is 11.8 Å². The molecule has 1 amide bonds. The summed E-state index contributed by atoms with van der Waals surface area (Å²) in [6, 6.07) is 15.9. The van der Waals surface area contributed by atoms with Gasteiger partial charge in [0.05, 0.1) is 10.6 Å². The lowest BCUT2D eigenvalue weighted by atomic mass is 9.87. The van der Waals surface area contributed by atoms with Crippen molar-refractivity contribution < 1.29 is 4.79 Å². The summed E-state index contributed by atoms with van der Waals surface area (Å²) in [5.41, 5.74) is 4.20. The number of hydrogen-bond acceptors (Lipinski definition) is 3. The van der Waals surface area contributed by atoms with Crippen LogP contribution in [0.25, 0.3) is 6.08 Å². The second kappa shape index (κ2) is 6.52. The second-order valence-electron chi connectivity index (χ2n) is 7.26. The average molecular weight is 350 g/mol. The van der Waals surface area contributed by atoms with Crippen molar-refractivity contribution in [2.24, 2.45) is 0 Å². The van der Waals surface area contributed by atoms with E-state index in [9.17, 15) is 4.79 Å². The maximum atomic E-state index is 12.7. The molecule has 0 atom stereocenters. The maximum Gasteiger partial charge on any atom is 0.271 e. The summed E-state index contributed by atoms with van der Waals surface area (Å²) in [6.45, 7) is 8.54. The van der Waals surface area contributed by atoms with E-state index in [1.54, 1.807) is 0 Å². The van der Waals surface area contributed by atoms with Gasteiger partial charge in [0, 0.05) is 0 Å². The monoisotopic (exact) mass is 350 g/mol. The van der Waals surface area contributed by atoms with Crippen molar-refractivity contribution in [1.29, 1.82) is 5.41 Å². The van der Waals surface area contributed by atoms with Gasteiger partial charge in [0.25, 0.3) is 5.91 Å². The standard InChI is InChI=1S/C21H22N2OS/c1-14-5-11-17(12-6-14)23-19(24)18(25-20(23)22)13-15-7-9-16(10-8-15)21(2,3)4/h5-13,22H,1-4H3/b18-13-,22-20?. The third-order valence-corrected chi connectivity index (χ3v) is 5.08. The molecule has 3 rings (SSSR count). The first kappa shape index (κ1) is 17.5. The van der Waals surface area contributed by atoms with Gasteiger partial charge in [-0.25, -0.2) is 0 Å². The molecule has 1 saturated heterocycles. The van der Waals surface area contributed by atoms with Gasteiger partial charge < -0.3 is 0 Å². The predicted octanol–water partition coefficient (Wildman–Crippen LogP) is 5.35. The van der Waals surface area contributed by atoms with Crippen LogP contribution in [-0.4, -0.2) is 11.1 Å². The number of carbonyl (C=O) groups excluding carboxylic acids is 1. The van der Waals surface area contributed by atoms with E-state index >= 15 is 0 Å².